The van der Waals surface area contributed by atoms with Gasteiger partial charge in [-0.05, 0) is 37.5 Å². The lowest BCUT2D eigenvalue weighted by molar-refractivity contribution is 0.859. The van der Waals surface area contributed by atoms with Crippen molar-refractivity contribution in [2.24, 2.45) is 12.8 Å². The van der Waals surface area contributed by atoms with Crippen LogP contribution < -0.4 is 11.3 Å². The van der Waals surface area contributed by atoms with Crippen molar-refractivity contribution in [1.82, 2.24) is 4.57 Å². The highest BCUT2D eigenvalue weighted by atomic mass is 16.1. The van der Waals surface area contributed by atoms with E-state index in [-0.39, 0.29) is 5.56 Å². The molecule has 0 saturated carbocycles. The molecule has 0 bridgehead atoms. The van der Waals surface area contributed by atoms with Gasteiger partial charge in [-0.2, -0.15) is 0 Å². The molecule has 0 atom stereocenters. The number of aromatic nitrogens is 1. The molecule has 17 heavy (non-hydrogen) atoms. The Bertz CT molecular complexity index is 654. The smallest absolute Gasteiger partial charge is 0.255 e. The highest BCUT2D eigenvalue weighted by Gasteiger charge is 2.13. The fraction of sp³-hybridized carbons (Fsp3) is 0.357. The zero-order chi connectivity index (χ0) is 12.7. The molecule has 0 aliphatic carbocycles. The maximum atomic E-state index is 12.2. The summed E-state index contributed by atoms with van der Waals surface area (Å²) in [6.07, 6.45) is 0. The van der Waals surface area contributed by atoms with Crippen LogP contribution in [0.3, 0.4) is 0 Å². The van der Waals surface area contributed by atoms with E-state index in [4.69, 9.17) is 5.73 Å². The average molecular weight is 230 g/mol. The molecule has 0 amide bonds. The molecule has 0 unspecified atom stereocenters. The minimum atomic E-state index is 0.0196. The summed E-state index contributed by atoms with van der Waals surface area (Å²) in [4.78, 5) is 12.2. The molecule has 2 rings (SSSR count). The van der Waals surface area contributed by atoms with Crippen LogP contribution in [0.25, 0.3) is 10.9 Å². The second-order valence-electron chi connectivity index (χ2n) is 4.59. The normalized spacial score (nSPS) is 11.1. The molecule has 1 aromatic carbocycles. The molecule has 0 radical (unpaired) electrons. The van der Waals surface area contributed by atoms with E-state index in [0.717, 1.165) is 22.0 Å². The lowest BCUT2D eigenvalue weighted by atomic mass is 9.98. The summed E-state index contributed by atoms with van der Waals surface area (Å²) in [5, 5.41) is 1.16. The van der Waals surface area contributed by atoms with Crippen molar-refractivity contribution in [3.8, 4) is 0 Å². The number of rotatable bonds is 1. The van der Waals surface area contributed by atoms with Crippen molar-refractivity contribution in [2.45, 2.75) is 27.3 Å². The Balaban J connectivity index is 3.15. The first-order valence-corrected chi connectivity index (χ1v) is 5.77. The maximum Gasteiger partial charge on any atom is 0.255 e. The van der Waals surface area contributed by atoms with Crippen LogP contribution >= 0.6 is 0 Å². The quantitative estimate of drug-likeness (QED) is 0.813. The molecule has 90 valence electrons. The van der Waals surface area contributed by atoms with Crippen LogP contribution in [0.5, 0.6) is 0 Å². The standard InChI is InChI=1S/C14H18N2O/c1-8-5-6-9(2)13-12(8)10(3)11(7-15)14(17)16(13)4/h5-6H,7,15H2,1-4H3. The van der Waals surface area contributed by atoms with Crippen molar-refractivity contribution >= 4 is 10.9 Å². The summed E-state index contributed by atoms with van der Waals surface area (Å²) in [6.45, 7) is 6.38. The van der Waals surface area contributed by atoms with Gasteiger partial charge in [0.15, 0.2) is 0 Å². The molecule has 0 fully saturated rings. The molecule has 0 spiro atoms. The Morgan fingerprint density at radius 3 is 2.35 bits per heavy atom. The number of nitrogens with zero attached hydrogens (tertiary/aromatic N) is 1. The molecule has 0 aliphatic rings. The highest BCUT2D eigenvalue weighted by Crippen LogP contribution is 2.25. The van der Waals surface area contributed by atoms with E-state index in [1.165, 1.54) is 5.56 Å². The van der Waals surface area contributed by atoms with E-state index < -0.39 is 0 Å². The van der Waals surface area contributed by atoms with E-state index in [0.29, 0.717) is 12.1 Å². The Hall–Kier alpha value is -1.61. The molecular weight excluding hydrogens is 212 g/mol. The zero-order valence-electron chi connectivity index (χ0n) is 10.8. The largest absolute Gasteiger partial charge is 0.326 e. The predicted molar refractivity (Wildman–Crippen MR) is 71.3 cm³/mol. The van der Waals surface area contributed by atoms with Gasteiger partial charge in [0.1, 0.15) is 0 Å². The van der Waals surface area contributed by atoms with Gasteiger partial charge in [0.2, 0.25) is 0 Å². The predicted octanol–water partition coefficient (Wildman–Crippen LogP) is 1.92. The third-order valence-electron chi connectivity index (χ3n) is 3.52. The number of pyridine rings is 1. The van der Waals surface area contributed by atoms with E-state index >= 15 is 0 Å². The first-order chi connectivity index (χ1) is 7.99. The van der Waals surface area contributed by atoms with Crippen LogP contribution in [0.4, 0.5) is 0 Å². The molecule has 2 N–H and O–H groups in total. The summed E-state index contributed by atoms with van der Waals surface area (Å²) >= 11 is 0. The first kappa shape index (κ1) is 11.9. The number of fused-ring (bicyclic) bond motifs is 1. The average Bonchev–Trinajstić information content (AvgIpc) is 2.30. The van der Waals surface area contributed by atoms with Gasteiger partial charge in [0.25, 0.3) is 5.56 Å². The van der Waals surface area contributed by atoms with E-state index in [1.54, 1.807) is 4.57 Å². The molecule has 1 heterocycles. The first-order valence-electron chi connectivity index (χ1n) is 5.77. The summed E-state index contributed by atoms with van der Waals surface area (Å²) < 4.78 is 1.72. The van der Waals surface area contributed by atoms with E-state index in [2.05, 4.69) is 19.1 Å². The van der Waals surface area contributed by atoms with Gasteiger partial charge in [0, 0.05) is 24.5 Å². The minimum Gasteiger partial charge on any atom is -0.326 e. The van der Waals surface area contributed by atoms with Crippen molar-refractivity contribution in [3.63, 3.8) is 0 Å². The third-order valence-corrected chi connectivity index (χ3v) is 3.52. The zero-order valence-corrected chi connectivity index (χ0v) is 10.8. The molecule has 3 heteroatoms. The molecule has 1 aromatic heterocycles. The van der Waals surface area contributed by atoms with Gasteiger partial charge in [-0.3, -0.25) is 4.79 Å². The van der Waals surface area contributed by atoms with Crippen LogP contribution in [0.2, 0.25) is 0 Å². The highest BCUT2D eigenvalue weighted by molar-refractivity contribution is 5.89. The van der Waals surface area contributed by atoms with Crippen LogP contribution in [-0.4, -0.2) is 4.57 Å². The molecule has 2 aromatic rings. The molecular formula is C14H18N2O. The fourth-order valence-corrected chi connectivity index (χ4v) is 2.56. The molecule has 3 nitrogen and oxygen atoms in total. The Labute approximate surface area is 101 Å². The lowest BCUT2D eigenvalue weighted by Crippen LogP contribution is -2.25. The topological polar surface area (TPSA) is 48.0 Å². The number of benzene rings is 1. The monoisotopic (exact) mass is 230 g/mol. The number of aryl methyl sites for hydroxylation is 4. The van der Waals surface area contributed by atoms with Crippen molar-refractivity contribution in [1.29, 1.82) is 0 Å². The number of hydrogen-bond acceptors (Lipinski definition) is 2. The Morgan fingerprint density at radius 1 is 1.18 bits per heavy atom. The minimum absolute atomic E-state index is 0.0196. The summed E-state index contributed by atoms with van der Waals surface area (Å²) in [7, 11) is 1.82. The summed E-state index contributed by atoms with van der Waals surface area (Å²) in [5.74, 6) is 0. The SMILES string of the molecule is Cc1ccc(C)c2c1c(C)c(CN)c(=O)n2C. The third kappa shape index (κ3) is 1.58. The van der Waals surface area contributed by atoms with Gasteiger partial charge in [-0.25, -0.2) is 0 Å². The number of hydrogen-bond donors (Lipinski definition) is 1. The van der Waals surface area contributed by atoms with Crippen LogP contribution in [-0.2, 0) is 13.6 Å². The number of nitrogens with two attached hydrogens (primary N) is 1. The van der Waals surface area contributed by atoms with Crippen molar-refractivity contribution in [3.05, 3.63) is 44.7 Å². The van der Waals surface area contributed by atoms with Gasteiger partial charge >= 0.3 is 0 Å². The maximum absolute atomic E-state index is 12.2. The fourth-order valence-electron chi connectivity index (χ4n) is 2.56. The van der Waals surface area contributed by atoms with Crippen molar-refractivity contribution in [2.75, 3.05) is 0 Å². The van der Waals surface area contributed by atoms with Gasteiger partial charge in [-0.15, -0.1) is 0 Å². The van der Waals surface area contributed by atoms with Crippen molar-refractivity contribution < 1.29 is 0 Å². The Kier molecular flexibility index (Phi) is 2.79. The van der Waals surface area contributed by atoms with Gasteiger partial charge in [-0.1, -0.05) is 12.1 Å². The lowest BCUT2D eigenvalue weighted by Gasteiger charge is -2.15. The summed E-state index contributed by atoms with van der Waals surface area (Å²) in [6, 6.07) is 4.15. The second-order valence-corrected chi connectivity index (χ2v) is 4.59. The Morgan fingerprint density at radius 2 is 1.76 bits per heavy atom. The molecule has 0 aliphatic heterocycles. The second kappa shape index (κ2) is 4.00. The van der Waals surface area contributed by atoms with Gasteiger partial charge < -0.3 is 10.3 Å². The van der Waals surface area contributed by atoms with Crippen LogP contribution in [0, 0.1) is 20.8 Å². The van der Waals surface area contributed by atoms with E-state index in [1.807, 2.05) is 20.9 Å². The van der Waals surface area contributed by atoms with Crippen LogP contribution in [0.1, 0.15) is 22.3 Å². The molecule has 0 saturated heterocycles. The summed E-state index contributed by atoms with van der Waals surface area (Å²) in [5.41, 5.74) is 10.8. The van der Waals surface area contributed by atoms with Crippen LogP contribution in [0.15, 0.2) is 16.9 Å². The van der Waals surface area contributed by atoms with Gasteiger partial charge in [0.05, 0.1) is 5.52 Å². The van der Waals surface area contributed by atoms with E-state index in [9.17, 15) is 4.79 Å².